The summed E-state index contributed by atoms with van der Waals surface area (Å²) in [5, 5.41) is 15.5. The van der Waals surface area contributed by atoms with E-state index in [1.54, 1.807) is 0 Å². The number of nitrogens with one attached hydrogen (secondary N) is 1. The highest BCUT2D eigenvalue weighted by Crippen LogP contribution is 2.18. The summed E-state index contributed by atoms with van der Waals surface area (Å²) in [6.07, 6.45) is 2.79. The topological polar surface area (TPSA) is 82.0 Å². The molecule has 6 nitrogen and oxygen atoms in total. The second-order valence-electron chi connectivity index (χ2n) is 3.80. The normalized spacial score (nSPS) is 24.9. The van der Waals surface area contributed by atoms with Crippen LogP contribution in [0.4, 0.5) is 4.79 Å². The molecule has 92 valence electrons. The van der Waals surface area contributed by atoms with Gasteiger partial charge in [0.15, 0.2) is 0 Å². The lowest BCUT2D eigenvalue weighted by atomic mass is 9.93. The fraction of sp³-hybridized carbons (Fsp3) is 0.889. The van der Waals surface area contributed by atoms with Crippen molar-refractivity contribution in [2.45, 2.75) is 37.8 Å². The highest BCUT2D eigenvalue weighted by Gasteiger charge is 2.26. The molecule has 2 amide bonds. The highest BCUT2D eigenvalue weighted by molar-refractivity contribution is 6.18. The van der Waals surface area contributed by atoms with Crippen LogP contribution in [0, 0.1) is 4.91 Å². The molecule has 0 heterocycles. The molecule has 16 heavy (non-hydrogen) atoms. The molecule has 0 aromatic heterocycles. The first-order valence-electron chi connectivity index (χ1n) is 5.34. The maximum atomic E-state index is 11.5. The van der Waals surface area contributed by atoms with Gasteiger partial charge in [0.2, 0.25) is 0 Å². The van der Waals surface area contributed by atoms with Crippen LogP contribution in [-0.4, -0.2) is 40.7 Å². The van der Waals surface area contributed by atoms with Crippen molar-refractivity contribution in [3.63, 3.8) is 0 Å². The highest BCUT2D eigenvalue weighted by atomic mass is 35.5. The Morgan fingerprint density at radius 2 is 2.19 bits per heavy atom. The van der Waals surface area contributed by atoms with Crippen molar-refractivity contribution in [1.82, 2.24) is 10.3 Å². The molecule has 0 aliphatic heterocycles. The first-order valence-corrected chi connectivity index (χ1v) is 5.88. The van der Waals surface area contributed by atoms with E-state index in [0.29, 0.717) is 6.42 Å². The maximum absolute atomic E-state index is 11.5. The minimum absolute atomic E-state index is 0.0692. The number of hydrogen-bond acceptors (Lipinski definition) is 4. The minimum Gasteiger partial charge on any atom is -0.391 e. The monoisotopic (exact) mass is 249 g/mol. The van der Waals surface area contributed by atoms with Gasteiger partial charge in [-0.1, -0.05) is 12.8 Å². The Bertz CT molecular complexity index is 252. The Labute approximate surface area is 98.9 Å². The smallest absolute Gasteiger partial charge is 0.340 e. The summed E-state index contributed by atoms with van der Waals surface area (Å²) in [6, 6.07) is -0.887. The molecular weight excluding hydrogens is 234 g/mol. The van der Waals surface area contributed by atoms with Gasteiger partial charge in [0, 0.05) is 5.88 Å². The Morgan fingerprint density at radius 3 is 2.75 bits per heavy atom. The first-order chi connectivity index (χ1) is 7.69. The number of urea groups is 1. The lowest BCUT2D eigenvalue weighted by molar-refractivity contribution is 0.0901. The van der Waals surface area contributed by atoms with Crippen LogP contribution in [0.2, 0.25) is 0 Å². The van der Waals surface area contributed by atoms with Gasteiger partial charge in [0.05, 0.1) is 24.0 Å². The number of amides is 2. The second kappa shape index (κ2) is 6.65. The molecule has 0 aromatic rings. The van der Waals surface area contributed by atoms with E-state index in [1.807, 2.05) is 0 Å². The molecule has 7 heteroatoms. The number of rotatable bonds is 4. The molecule has 1 aliphatic carbocycles. The van der Waals surface area contributed by atoms with Crippen LogP contribution in [-0.2, 0) is 0 Å². The summed E-state index contributed by atoms with van der Waals surface area (Å²) >= 11 is 5.42. The summed E-state index contributed by atoms with van der Waals surface area (Å²) in [5.74, 6) is 0.145. The third kappa shape index (κ3) is 3.61. The number of aliphatic hydroxyl groups is 1. The molecule has 1 fully saturated rings. The summed E-state index contributed by atoms with van der Waals surface area (Å²) in [6.45, 7) is 0.0692. The van der Waals surface area contributed by atoms with Crippen molar-refractivity contribution >= 4 is 17.6 Å². The van der Waals surface area contributed by atoms with Crippen molar-refractivity contribution in [1.29, 1.82) is 0 Å². The fourth-order valence-corrected chi connectivity index (χ4v) is 1.93. The van der Waals surface area contributed by atoms with Crippen LogP contribution >= 0.6 is 11.6 Å². The molecule has 0 aromatic carbocycles. The van der Waals surface area contributed by atoms with Crippen molar-refractivity contribution in [2.75, 3.05) is 12.4 Å². The quantitative estimate of drug-likeness (QED) is 0.447. The predicted octanol–water partition coefficient (Wildman–Crippen LogP) is 1.22. The molecule has 1 rings (SSSR count). The number of nitrogens with zero attached hydrogens (tertiary/aromatic N) is 2. The number of carbonyl (C=O) groups is 1. The van der Waals surface area contributed by atoms with Crippen molar-refractivity contribution in [2.24, 2.45) is 5.29 Å². The minimum atomic E-state index is -0.596. The Hall–Kier alpha value is -0.880. The molecule has 0 unspecified atom stereocenters. The molecule has 2 N–H and O–H groups in total. The van der Waals surface area contributed by atoms with Gasteiger partial charge in [-0.25, -0.2) is 4.79 Å². The van der Waals surface area contributed by atoms with Crippen molar-refractivity contribution < 1.29 is 9.90 Å². The average molecular weight is 250 g/mol. The van der Waals surface area contributed by atoms with E-state index >= 15 is 0 Å². The standard InChI is InChI=1S/C9H16ClN3O3/c10-5-6-13(12-16)9(15)11-7-3-1-2-4-8(7)14/h7-8,14H,1-6H2,(H,11,15)/t7-,8+/m1/s1. The Balaban J connectivity index is 2.44. The predicted molar refractivity (Wildman–Crippen MR) is 60.0 cm³/mol. The van der Waals surface area contributed by atoms with E-state index in [9.17, 15) is 14.8 Å². The van der Waals surface area contributed by atoms with Crippen LogP contribution in [0.5, 0.6) is 0 Å². The Morgan fingerprint density at radius 1 is 1.50 bits per heavy atom. The van der Waals surface area contributed by atoms with Crippen LogP contribution in [0.1, 0.15) is 25.7 Å². The zero-order chi connectivity index (χ0) is 12.0. The zero-order valence-corrected chi connectivity index (χ0v) is 9.69. The zero-order valence-electron chi connectivity index (χ0n) is 8.93. The van der Waals surface area contributed by atoms with Gasteiger partial charge in [-0.2, -0.15) is 5.01 Å². The number of carbonyl (C=O) groups excluding carboxylic acids is 1. The van der Waals surface area contributed by atoms with Gasteiger partial charge in [0.25, 0.3) is 0 Å². The van der Waals surface area contributed by atoms with Gasteiger partial charge in [-0.05, 0) is 12.8 Å². The largest absolute Gasteiger partial charge is 0.391 e. The fourth-order valence-electron chi connectivity index (χ4n) is 1.77. The van der Waals surface area contributed by atoms with E-state index in [2.05, 4.69) is 10.6 Å². The number of aliphatic hydroxyl groups excluding tert-OH is 1. The van der Waals surface area contributed by atoms with E-state index < -0.39 is 12.1 Å². The SMILES string of the molecule is O=NN(CCCl)C(=O)N[C@@H]1CCCC[C@@H]1O. The van der Waals surface area contributed by atoms with Gasteiger partial charge >= 0.3 is 6.03 Å². The van der Waals surface area contributed by atoms with E-state index in [1.165, 1.54) is 0 Å². The van der Waals surface area contributed by atoms with E-state index in [0.717, 1.165) is 24.3 Å². The average Bonchev–Trinajstić information content (AvgIpc) is 2.29. The first kappa shape index (κ1) is 13.2. The van der Waals surface area contributed by atoms with Gasteiger partial charge in [-0.3, -0.25) is 0 Å². The van der Waals surface area contributed by atoms with Gasteiger partial charge < -0.3 is 10.4 Å². The third-order valence-electron chi connectivity index (χ3n) is 2.67. The molecule has 0 spiro atoms. The van der Waals surface area contributed by atoms with Crippen molar-refractivity contribution in [3.8, 4) is 0 Å². The number of nitroso groups, excluding NO2 is 1. The van der Waals surface area contributed by atoms with Crippen LogP contribution in [0.3, 0.4) is 0 Å². The van der Waals surface area contributed by atoms with Gasteiger partial charge in [0.1, 0.15) is 0 Å². The van der Waals surface area contributed by atoms with Crippen LogP contribution in [0.15, 0.2) is 5.29 Å². The maximum Gasteiger partial charge on any atom is 0.340 e. The van der Waals surface area contributed by atoms with E-state index in [-0.39, 0.29) is 18.5 Å². The second-order valence-corrected chi connectivity index (χ2v) is 4.18. The summed E-state index contributed by atoms with van der Waals surface area (Å²) in [5.41, 5.74) is 0. The van der Waals surface area contributed by atoms with Crippen LogP contribution in [0.25, 0.3) is 0 Å². The molecule has 1 aliphatic rings. The molecule has 0 saturated heterocycles. The molecule has 0 bridgehead atoms. The molecular formula is C9H16ClN3O3. The third-order valence-corrected chi connectivity index (χ3v) is 2.84. The Kier molecular flexibility index (Phi) is 5.48. The summed E-state index contributed by atoms with van der Waals surface area (Å²) in [4.78, 5) is 21.9. The lowest BCUT2D eigenvalue weighted by Crippen LogP contribution is -2.49. The molecule has 1 saturated carbocycles. The number of halogens is 1. The molecule has 2 atom stereocenters. The summed E-state index contributed by atoms with van der Waals surface area (Å²) in [7, 11) is 0. The molecule has 0 radical (unpaired) electrons. The summed E-state index contributed by atoms with van der Waals surface area (Å²) < 4.78 is 0. The van der Waals surface area contributed by atoms with Gasteiger partial charge in [-0.15, -0.1) is 16.5 Å². The van der Waals surface area contributed by atoms with Crippen molar-refractivity contribution in [3.05, 3.63) is 4.91 Å². The van der Waals surface area contributed by atoms with Crippen LogP contribution < -0.4 is 5.32 Å². The lowest BCUT2D eigenvalue weighted by Gasteiger charge is -2.29. The number of alkyl halides is 1. The number of hydrogen-bond donors (Lipinski definition) is 2. The van der Waals surface area contributed by atoms with E-state index in [4.69, 9.17) is 11.6 Å².